The first-order chi connectivity index (χ1) is 18.8. The quantitative estimate of drug-likeness (QED) is 0.0667. The van der Waals surface area contributed by atoms with Crippen LogP contribution < -0.4 is 17.2 Å². The van der Waals surface area contributed by atoms with Gasteiger partial charge in [0.15, 0.2) is 22.8 Å². The maximum absolute atomic E-state index is 11.1. The zero-order valence-electron chi connectivity index (χ0n) is 22.3. The molecule has 5 aromatic heterocycles. The predicted octanol–water partition coefficient (Wildman–Crippen LogP) is 5.74. The van der Waals surface area contributed by atoms with Crippen LogP contribution in [-0.2, 0) is 4.92 Å². The molecule has 0 aromatic carbocycles. The van der Waals surface area contributed by atoms with Gasteiger partial charge in [-0.15, -0.1) is 5.92 Å². The number of hydrogen-bond acceptors (Lipinski definition) is 7. The summed E-state index contributed by atoms with van der Waals surface area (Å²) in [4.78, 5) is 24.3. The molecule has 6 N–H and O–H groups in total. The second-order valence-electron chi connectivity index (χ2n) is 7.44. The first kappa shape index (κ1) is 36.6. The Morgan fingerprint density at radius 2 is 1.48 bits per heavy atom. The molecule has 0 aliphatic rings. The van der Waals surface area contributed by atoms with Crippen molar-refractivity contribution < 1.29 is 4.92 Å². The number of fused-ring (bicyclic) bond motifs is 4. The Morgan fingerprint density at radius 1 is 0.975 bits per heavy atom. The first-order valence-electron chi connectivity index (χ1n) is 11.2. The van der Waals surface area contributed by atoms with Crippen LogP contribution in [0.1, 0.15) is 32.2 Å². The van der Waals surface area contributed by atoms with Crippen LogP contribution in [-0.4, -0.2) is 43.1 Å². The van der Waals surface area contributed by atoms with Crippen molar-refractivity contribution in [1.82, 2.24) is 39.2 Å². The summed E-state index contributed by atoms with van der Waals surface area (Å²) < 4.78 is 3.65. The van der Waals surface area contributed by atoms with E-state index in [-0.39, 0.29) is 10.6 Å². The molecule has 40 heavy (non-hydrogen) atoms. The summed E-state index contributed by atoms with van der Waals surface area (Å²) in [5.41, 5.74) is 15.9. The van der Waals surface area contributed by atoms with E-state index in [0.29, 0.717) is 26.6 Å². The second-order valence-corrected chi connectivity index (χ2v) is 44.7. The average molecular weight is 1030 g/mol. The Hall–Kier alpha value is -1.40. The van der Waals surface area contributed by atoms with E-state index >= 15 is 0 Å². The number of aromatic nitrogens is 8. The molecule has 5 rings (SSSR count). The summed E-state index contributed by atoms with van der Waals surface area (Å²) in [5.74, 6) is 11.2. The fourth-order valence-corrected chi connectivity index (χ4v) is 3.11. The van der Waals surface area contributed by atoms with Crippen molar-refractivity contribution in [1.29, 1.82) is 0 Å². The van der Waals surface area contributed by atoms with Crippen molar-refractivity contribution in [2.24, 2.45) is 0 Å². The molecule has 0 amide bonds. The molecule has 0 aliphatic carbocycles. The number of anilines is 2. The zero-order valence-corrected chi connectivity index (χ0v) is 32.3. The molecule has 0 bridgehead atoms. The molecule has 1 unspecified atom stereocenters. The van der Waals surface area contributed by atoms with E-state index in [1.54, 1.807) is 17.6 Å². The van der Waals surface area contributed by atoms with Crippen molar-refractivity contribution in [2.75, 3.05) is 11.5 Å². The number of rotatable bonds is 0. The number of nitrogen functional groups attached to an aromatic ring is 2. The van der Waals surface area contributed by atoms with Crippen molar-refractivity contribution in [3.8, 4) is 23.7 Å². The minimum absolute atomic E-state index is 0.248. The predicted molar refractivity (Wildman–Crippen MR) is 195 cm³/mol. The van der Waals surface area contributed by atoms with Crippen LogP contribution in [0.4, 0.5) is 11.5 Å². The number of nitrogens with one attached hydrogen (secondary N) is 2. The summed E-state index contributed by atoms with van der Waals surface area (Å²) in [5, 5.41) is 8.34. The Balaban J connectivity index is 0.000000279. The van der Waals surface area contributed by atoms with E-state index in [0.717, 1.165) is 22.7 Å². The Kier molecular flexibility index (Phi) is 17.3. The molecule has 0 fully saturated rings. The van der Waals surface area contributed by atoms with Crippen LogP contribution in [0, 0.1) is 44.5 Å². The van der Waals surface area contributed by atoms with Gasteiger partial charge in [-0.25, -0.2) is 14.8 Å². The molecule has 0 spiro atoms. The van der Waals surface area contributed by atoms with E-state index in [4.69, 9.17) is 11.5 Å². The fraction of sp³-hybridized carbons (Fsp3) is 0.250. The van der Waals surface area contributed by atoms with E-state index in [9.17, 15) is 4.79 Å². The van der Waals surface area contributed by atoms with Crippen molar-refractivity contribution in [3.05, 3.63) is 53.3 Å². The fourth-order valence-electron chi connectivity index (χ4n) is 2.80. The standard InChI is InChI=1S/C8H7N5O.C7H9N5.C5H7I.C4H5.3HI.V/c1-4-2-6-9-3-5-7(13(6)12-4)11-8(14)10-5;1-4-2-6-10-3-5(8)7(9)12(6)11-4;1-3-4-5(2)6;1-3-4-2;;;;/h2-3H,1H3,(H2,10,11,14);2-3H,8-9H2,1H3;5H,1-2H3;1H2,2H3;3*1H;/q;;;-1;;;;+3/p-3. The molecule has 0 saturated carbocycles. The molecule has 5 heterocycles. The summed E-state index contributed by atoms with van der Waals surface area (Å²) in [6.45, 7) is 12.7. The Morgan fingerprint density at radius 3 is 1.95 bits per heavy atom. The number of aryl methyl sites for hydroxylation is 2. The molecule has 214 valence electrons. The number of halogens is 4. The summed E-state index contributed by atoms with van der Waals surface area (Å²) in [6, 6.07) is 3.69. The summed E-state index contributed by atoms with van der Waals surface area (Å²) in [7, 11) is 0. The van der Waals surface area contributed by atoms with Crippen LogP contribution in [0.15, 0.2) is 29.3 Å². The number of imidazole rings is 1. The maximum atomic E-state index is 11.1. The van der Waals surface area contributed by atoms with Crippen LogP contribution in [0.5, 0.6) is 0 Å². The van der Waals surface area contributed by atoms with Crippen molar-refractivity contribution in [3.63, 3.8) is 0 Å². The molecular weight excluding hydrogens is 1000 g/mol. The van der Waals surface area contributed by atoms with Gasteiger partial charge in [-0.3, -0.25) is 10.9 Å². The number of nitrogens with two attached hydrogens (primary N) is 2. The third-order valence-corrected chi connectivity index (χ3v) is 4.59. The monoisotopic (exact) mass is 1030 g/mol. The van der Waals surface area contributed by atoms with Gasteiger partial charge in [0.05, 0.1) is 33.4 Å². The van der Waals surface area contributed by atoms with Crippen LogP contribution in [0.3, 0.4) is 0 Å². The third kappa shape index (κ3) is 12.6. The van der Waals surface area contributed by atoms with Gasteiger partial charge >= 0.3 is 70.5 Å². The van der Waals surface area contributed by atoms with E-state index < -0.39 is 0 Å². The van der Waals surface area contributed by atoms with E-state index in [2.05, 4.69) is 150 Å². The van der Waals surface area contributed by atoms with E-state index in [1.165, 1.54) is 10.7 Å². The van der Waals surface area contributed by atoms with Crippen LogP contribution in [0.25, 0.3) is 22.5 Å². The van der Waals surface area contributed by atoms with Gasteiger partial charge in [0.1, 0.15) is 5.52 Å². The van der Waals surface area contributed by atoms with Gasteiger partial charge in [-0.1, -0.05) is 35.4 Å². The number of alkyl halides is 1. The molecule has 11 nitrogen and oxygen atoms in total. The van der Waals surface area contributed by atoms with Crippen LogP contribution in [0.2, 0.25) is 0 Å². The molecule has 5 aromatic rings. The summed E-state index contributed by atoms with van der Waals surface area (Å²) in [6.07, 6.45) is 3.15. The van der Waals surface area contributed by atoms with Gasteiger partial charge in [-0.05, 0) is 27.7 Å². The third-order valence-electron chi connectivity index (χ3n) is 4.28. The number of H-pyrrole nitrogens is 2. The van der Waals surface area contributed by atoms with E-state index in [1.807, 2.05) is 32.9 Å². The normalized spacial score (nSPS) is 10.2. The summed E-state index contributed by atoms with van der Waals surface area (Å²) >= 11 is 9.66. The van der Waals surface area contributed by atoms with Gasteiger partial charge in [0, 0.05) is 12.1 Å². The topological polar surface area (TPSA) is 161 Å². The molecular formula is C24H28I4N10OV-. The zero-order chi connectivity index (χ0) is 30.4. The number of nitrogens with zero attached hydrogens (tertiary/aromatic N) is 6. The average Bonchev–Trinajstić information content (AvgIpc) is 3.56. The molecule has 0 radical (unpaired) electrons. The van der Waals surface area contributed by atoms with Gasteiger partial charge in [0.2, 0.25) is 0 Å². The first-order valence-corrected chi connectivity index (χ1v) is 25.9. The number of aromatic amines is 2. The second kappa shape index (κ2) is 18.9. The Bertz CT molecular complexity index is 1690. The van der Waals surface area contributed by atoms with Gasteiger partial charge in [-0.2, -0.15) is 26.2 Å². The van der Waals surface area contributed by atoms with Crippen molar-refractivity contribution in [2.45, 2.75) is 38.5 Å². The van der Waals surface area contributed by atoms with Gasteiger partial charge < -0.3 is 22.4 Å². The van der Waals surface area contributed by atoms with Crippen LogP contribution >= 0.6 is 82.5 Å². The minimum atomic E-state index is -0.278. The SMILES string of the molecule is CC#CC(C)I.Cc1cc2ncc(N)c(N)n2n1.Cc1cc2ncc3[nH]c(=O)[nH]c3n2n1.[CH2-]C#CC.[I][V]([I])[I]. The molecule has 0 saturated heterocycles. The Labute approximate surface area is 284 Å². The van der Waals surface area contributed by atoms with Crippen molar-refractivity contribution >= 4 is 116 Å². The number of hydrogen-bond donors (Lipinski definition) is 4. The molecule has 0 aliphatic heterocycles. The van der Waals surface area contributed by atoms with Gasteiger partial charge in [0.25, 0.3) is 0 Å². The molecule has 1 atom stereocenters. The molecule has 16 heteroatoms.